The van der Waals surface area contributed by atoms with E-state index in [-0.39, 0.29) is 15.9 Å². The molecule has 0 amide bonds. The summed E-state index contributed by atoms with van der Waals surface area (Å²) in [5.74, 6) is 0. The van der Waals surface area contributed by atoms with Crippen molar-refractivity contribution in [2.75, 3.05) is 4.72 Å². The first kappa shape index (κ1) is 12.8. The Morgan fingerprint density at radius 3 is 2.67 bits per heavy atom. The van der Waals surface area contributed by atoms with Crippen LogP contribution in [0.3, 0.4) is 0 Å². The molecule has 8 heteroatoms. The van der Waals surface area contributed by atoms with E-state index in [9.17, 15) is 8.42 Å². The molecular weight excluding hydrogens is 276 g/mol. The van der Waals surface area contributed by atoms with Crippen LogP contribution in [0.5, 0.6) is 0 Å². The zero-order chi connectivity index (χ0) is 13.3. The van der Waals surface area contributed by atoms with Gasteiger partial charge in [-0.1, -0.05) is 11.6 Å². The number of nitrogens with one attached hydrogen (secondary N) is 1. The SMILES string of the molecule is Cc1ccnc(Cl)c1NS(=O)(=O)c1cn(C)cn1. The summed E-state index contributed by atoms with van der Waals surface area (Å²) in [7, 11) is -2.06. The van der Waals surface area contributed by atoms with E-state index >= 15 is 0 Å². The summed E-state index contributed by atoms with van der Waals surface area (Å²) < 4.78 is 28.0. The van der Waals surface area contributed by atoms with Crippen LogP contribution in [0.25, 0.3) is 0 Å². The molecule has 2 heterocycles. The van der Waals surface area contributed by atoms with Gasteiger partial charge in [0, 0.05) is 19.4 Å². The van der Waals surface area contributed by atoms with Crippen LogP contribution in [0, 0.1) is 6.92 Å². The van der Waals surface area contributed by atoms with Crippen molar-refractivity contribution in [3.05, 3.63) is 35.5 Å². The molecular formula is C10H11ClN4O2S. The molecule has 2 aromatic heterocycles. The first-order chi connectivity index (χ1) is 8.40. The third kappa shape index (κ3) is 2.46. The highest BCUT2D eigenvalue weighted by molar-refractivity contribution is 7.92. The predicted octanol–water partition coefficient (Wildman–Crippen LogP) is 1.58. The van der Waals surface area contributed by atoms with Gasteiger partial charge >= 0.3 is 0 Å². The molecule has 0 saturated carbocycles. The summed E-state index contributed by atoms with van der Waals surface area (Å²) in [5.41, 5.74) is 0.958. The molecule has 0 aliphatic heterocycles. The lowest BCUT2D eigenvalue weighted by Gasteiger charge is -2.09. The van der Waals surface area contributed by atoms with Gasteiger partial charge in [-0.2, -0.15) is 8.42 Å². The van der Waals surface area contributed by atoms with Gasteiger partial charge in [0.05, 0.1) is 12.0 Å². The molecule has 96 valence electrons. The number of anilines is 1. The smallest absolute Gasteiger partial charge is 0.281 e. The summed E-state index contributed by atoms with van der Waals surface area (Å²) in [5, 5.41) is 0.0406. The van der Waals surface area contributed by atoms with E-state index in [4.69, 9.17) is 11.6 Å². The van der Waals surface area contributed by atoms with E-state index in [0.717, 1.165) is 0 Å². The standard InChI is InChI=1S/C10H11ClN4O2S/c1-7-3-4-12-10(11)9(7)14-18(16,17)8-5-15(2)6-13-8/h3-6,14H,1-2H3. The largest absolute Gasteiger partial charge is 0.339 e. The molecule has 0 atom stereocenters. The Bertz CT molecular complexity index is 661. The monoisotopic (exact) mass is 286 g/mol. The molecule has 6 nitrogen and oxygen atoms in total. The number of sulfonamides is 1. The minimum atomic E-state index is -3.74. The number of imidazole rings is 1. The molecule has 1 N–H and O–H groups in total. The van der Waals surface area contributed by atoms with Crippen LogP contribution in [0.15, 0.2) is 29.8 Å². The maximum Gasteiger partial charge on any atom is 0.281 e. The number of rotatable bonds is 3. The second-order valence-corrected chi connectivity index (χ2v) is 5.76. The third-order valence-corrected chi connectivity index (χ3v) is 3.83. The lowest BCUT2D eigenvalue weighted by atomic mass is 10.3. The summed E-state index contributed by atoms with van der Waals surface area (Å²) in [6.45, 7) is 1.74. The third-order valence-electron chi connectivity index (χ3n) is 2.31. The van der Waals surface area contributed by atoms with Crippen LogP contribution < -0.4 is 4.72 Å². The average molecular weight is 287 g/mol. The zero-order valence-electron chi connectivity index (χ0n) is 9.75. The molecule has 0 unspecified atom stereocenters. The van der Waals surface area contributed by atoms with Gasteiger partial charge in [0.2, 0.25) is 0 Å². The van der Waals surface area contributed by atoms with Gasteiger partial charge in [0.1, 0.15) is 0 Å². The maximum atomic E-state index is 12.0. The van der Waals surface area contributed by atoms with Crippen molar-refractivity contribution < 1.29 is 8.42 Å². The Kier molecular flexibility index (Phi) is 3.27. The van der Waals surface area contributed by atoms with Crippen LogP contribution in [-0.4, -0.2) is 23.0 Å². The van der Waals surface area contributed by atoms with Gasteiger partial charge in [-0.05, 0) is 18.6 Å². The lowest BCUT2D eigenvalue weighted by Crippen LogP contribution is -2.14. The van der Waals surface area contributed by atoms with Crippen molar-refractivity contribution >= 4 is 27.3 Å². The van der Waals surface area contributed by atoms with Crippen LogP contribution in [0.2, 0.25) is 5.15 Å². The van der Waals surface area contributed by atoms with Crippen molar-refractivity contribution in [2.24, 2.45) is 7.05 Å². The van der Waals surface area contributed by atoms with Gasteiger partial charge in [-0.25, -0.2) is 9.97 Å². The highest BCUT2D eigenvalue weighted by Crippen LogP contribution is 2.25. The summed E-state index contributed by atoms with van der Waals surface area (Å²) in [4.78, 5) is 7.63. The van der Waals surface area contributed by atoms with Crippen molar-refractivity contribution in [2.45, 2.75) is 11.9 Å². The Morgan fingerprint density at radius 2 is 2.11 bits per heavy atom. The minimum Gasteiger partial charge on any atom is -0.339 e. The quantitative estimate of drug-likeness (QED) is 0.869. The number of aromatic nitrogens is 3. The van der Waals surface area contributed by atoms with Gasteiger partial charge in [0.15, 0.2) is 10.2 Å². The lowest BCUT2D eigenvalue weighted by molar-refractivity contribution is 0.598. The molecule has 2 aromatic rings. The highest BCUT2D eigenvalue weighted by atomic mass is 35.5. The van der Waals surface area contributed by atoms with Gasteiger partial charge in [-0.3, -0.25) is 4.72 Å². The molecule has 0 spiro atoms. The second-order valence-electron chi connectivity index (χ2n) is 3.78. The number of hydrogen-bond donors (Lipinski definition) is 1. The summed E-state index contributed by atoms with van der Waals surface area (Å²) >= 11 is 5.86. The molecule has 0 aliphatic carbocycles. The van der Waals surface area contributed by atoms with E-state index in [2.05, 4.69) is 14.7 Å². The van der Waals surface area contributed by atoms with Crippen molar-refractivity contribution in [3.8, 4) is 0 Å². The van der Waals surface area contributed by atoms with Crippen molar-refractivity contribution in [3.63, 3.8) is 0 Å². The Hall–Kier alpha value is -1.60. The molecule has 0 aliphatic rings. The second kappa shape index (κ2) is 4.58. The predicted molar refractivity (Wildman–Crippen MR) is 68.0 cm³/mol. The molecule has 18 heavy (non-hydrogen) atoms. The van der Waals surface area contributed by atoms with Crippen LogP contribution in [0.4, 0.5) is 5.69 Å². The highest BCUT2D eigenvalue weighted by Gasteiger charge is 2.19. The fourth-order valence-electron chi connectivity index (χ4n) is 1.36. The number of hydrogen-bond acceptors (Lipinski definition) is 4. The molecule has 0 radical (unpaired) electrons. The van der Waals surface area contributed by atoms with Gasteiger partial charge in [0.25, 0.3) is 10.0 Å². The Labute approximate surface area is 110 Å². The van der Waals surface area contributed by atoms with Gasteiger partial charge < -0.3 is 4.57 Å². The van der Waals surface area contributed by atoms with E-state index in [1.807, 2.05) is 0 Å². The molecule has 0 bridgehead atoms. The zero-order valence-corrected chi connectivity index (χ0v) is 11.3. The number of pyridine rings is 1. The fraction of sp³-hybridized carbons (Fsp3) is 0.200. The maximum absolute atomic E-state index is 12.0. The Balaban J connectivity index is 2.40. The molecule has 0 fully saturated rings. The summed E-state index contributed by atoms with van der Waals surface area (Å²) in [6.07, 6.45) is 4.32. The van der Waals surface area contributed by atoms with Crippen molar-refractivity contribution in [1.29, 1.82) is 0 Å². The summed E-state index contributed by atoms with van der Waals surface area (Å²) in [6, 6.07) is 1.67. The fourth-order valence-corrected chi connectivity index (χ4v) is 2.79. The van der Waals surface area contributed by atoms with Crippen LogP contribution in [0.1, 0.15) is 5.56 Å². The van der Waals surface area contributed by atoms with Gasteiger partial charge in [-0.15, -0.1) is 0 Å². The first-order valence-corrected chi connectivity index (χ1v) is 6.88. The number of halogens is 1. The molecule has 0 saturated heterocycles. The Morgan fingerprint density at radius 1 is 1.39 bits per heavy atom. The normalized spacial score (nSPS) is 11.5. The van der Waals surface area contributed by atoms with Crippen LogP contribution in [-0.2, 0) is 17.1 Å². The van der Waals surface area contributed by atoms with Crippen molar-refractivity contribution in [1.82, 2.24) is 14.5 Å². The van der Waals surface area contributed by atoms with E-state index < -0.39 is 10.0 Å². The van der Waals surface area contributed by atoms with Crippen LogP contribution >= 0.6 is 11.6 Å². The number of nitrogens with zero attached hydrogens (tertiary/aromatic N) is 3. The topological polar surface area (TPSA) is 76.9 Å². The van der Waals surface area contributed by atoms with E-state index in [0.29, 0.717) is 5.56 Å². The average Bonchev–Trinajstić information content (AvgIpc) is 2.71. The van der Waals surface area contributed by atoms with E-state index in [1.54, 1.807) is 24.6 Å². The molecule has 2 rings (SSSR count). The minimum absolute atomic E-state index is 0.0654. The van der Waals surface area contributed by atoms with E-state index in [1.165, 1.54) is 18.7 Å². The first-order valence-electron chi connectivity index (χ1n) is 5.02. The number of aryl methyl sites for hydroxylation is 2. The molecule has 0 aromatic carbocycles.